The van der Waals surface area contributed by atoms with Crippen molar-refractivity contribution in [3.63, 3.8) is 0 Å². The van der Waals surface area contributed by atoms with Gasteiger partial charge in [0.2, 0.25) is 0 Å². The van der Waals surface area contributed by atoms with Gasteiger partial charge >= 0.3 is 6.03 Å². The molecule has 0 fully saturated rings. The smallest absolute Gasteiger partial charge is 0.322 e. The van der Waals surface area contributed by atoms with Crippen LogP contribution in [-0.4, -0.2) is 24.1 Å². The summed E-state index contributed by atoms with van der Waals surface area (Å²) in [6.07, 6.45) is 1.66. The van der Waals surface area contributed by atoms with Gasteiger partial charge in [0.1, 0.15) is 5.82 Å². The van der Waals surface area contributed by atoms with E-state index in [-0.39, 0.29) is 12.1 Å². The summed E-state index contributed by atoms with van der Waals surface area (Å²) in [7, 11) is 1.69. The van der Waals surface area contributed by atoms with Crippen LogP contribution in [0.5, 0.6) is 0 Å². The van der Waals surface area contributed by atoms with Crippen molar-refractivity contribution in [3.8, 4) is 0 Å². The molecular formula is C10H14BrN3O. The topological polar surface area (TPSA) is 45.2 Å². The van der Waals surface area contributed by atoms with E-state index in [1.165, 1.54) is 4.90 Å². The number of hydrogen-bond acceptors (Lipinski definition) is 2. The number of carbonyl (C=O) groups is 1. The number of anilines is 1. The summed E-state index contributed by atoms with van der Waals surface area (Å²) in [5.41, 5.74) is 0. The zero-order valence-electron chi connectivity index (χ0n) is 8.99. The number of nitrogens with zero attached hydrogens (tertiary/aromatic N) is 2. The van der Waals surface area contributed by atoms with Gasteiger partial charge in [-0.05, 0) is 41.9 Å². The molecule has 15 heavy (non-hydrogen) atoms. The van der Waals surface area contributed by atoms with Crippen molar-refractivity contribution in [2.45, 2.75) is 19.9 Å². The maximum Gasteiger partial charge on any atom is 0.322 e. The zero-order valence-corrected chi connectivity index (χ0v) is 10.6. The Kier molecular flexibility index (Phi) is 4.08. The molecule has 1 N–H and O–H groups in total. The van der Waals surface area contributed by atoms with Crippen LogP contribution in [-0.2, 0) is 0 Å². The molecule has 0 radical (unpaired) electrons. The van der Waals surface area contributed by atoms with Gasteiger partial charge < -0.3 is 5.32 Å². The Morgan fingerprint density at radius 1 is 1.53 bits per heavy atom. The normalized spacial score (nSPS) is 10.2. The third kappa shape index (κ3) is 3.51. The standard InChI is InChI=1S/C10H14BrN3O/c1-7(2)13-10(15)14(3)9-5-4-8(11)6-12-9/h4-7H,1-3H3,(H,13,15). The molecule has 5 heteroatoms. The Morgan fingerprint density at radius 3 is 2.67 bits per heavy atom. The number of nitrogens with one attached hydrogen (secondary N) is 1. The molecule has 0 atom stereocenters. The number of aromatic nitrogens is 1. The molecule has 1 rings (SSSR count). The first-order valence-corrected chi connectivity index (χ1v) is 5.46. The number of urea groups is 1. The molecular weight excluding hydrogens is 258 g/mol. The third-order valence-corrected chi connectivity index (χ3v) is 2.24. The molecule has 0 spiro atoms. The predicted octanol–water partition coefficient (Wildman–Crippen LogP) is 2.40. The third-order valence-electron chi connectivity index (χ3n) is 1.77. The Balaban J connectivity index is 2.71. The van der Waals surface area contributed by atoms with E-state index in [1.54, 1.807) is 19.3 Å². The fourth-order valence-electron chi connectivity index (χ4n) is 1.01. The Hall–Kier alpha value is -1.10. The van der Waals surface area contributed by atoms with E-state index in [4.69, 9.17) is 0 Å². The van der Waals surface area contributed by atoms with Gasteiger partial charge in [-0.25, -0.2) is 9.78 Å². The van der Waals surface area contributed by atoms with Crippen LogP contribution < -0.4 is 10.2 Å². The molecule has 0 aliphatic carbocycles. The van der Waals surface area contributed by atoms with E-state index in [9.17, 15) is 4.79 Å². The fourth-order valence-corrected chi connectivity index (χ4v) is 1.25. The predicted molar refractivity (Wildman–Crippen MR) is 64.0 cm³/mol. The van der Waals surface area contributed by atoms with Crippen molar-refractivity contribution in [2.75, 3.05) is 11.9 Å². The lowest BCUT2D eigenvalue weighted by atomic mass is 10.4. The number of pyridine rings is 1. The molecule has 1 aromatic heterocycles. The van der Waals surface area contributed by atoms with Crippen LogP contribution in [0, 0.1) is 0 Å². The maximum absolute atomic E-state index is 11.6. The van der Waals surface area contributed by atoms with Crippen LogP contribution in [0.2, 0.25) is 0 Å². The minimum Gasteiger partial charge on any atom is -0.335 e. The van der Waals surface area contributed by atoms with Crippen molar-refractivity contribution in [1.82, 2.24) is 10.3 Å². The first kappa shape index (κ1) is 12.0. The fraction of sp³-hybridized carbons (Fsp3) is 0.400. The zero-order chi connectivity index (χ0) is 11.4. The van der Waals surface area contributed by atoms with E-state index in [0.29, 0.717) is 5.82 Å². The van der Waals surface area contributed by atoms with Crippen molar-refractivity contribution in [2.24, 2.45) is 0 Å². The molecule has 1 aromatic rings. The number of carbonyl (C=O) groups excluding carboxylic acids is 1. The summed E-state index contributed by atoms with van der Waals surface area (Å²) < 4.78 is 0.893. The quantitative estimate of drug-likeness (QED) is 0.898. The van der Waals surface area contributed by atoms with Crippen LogP contribution in [0.15, 0.2) is 22.8 Å². The molecule has 1 heterocycles. The molecule has 0 unspecified atom stereocenters. The average molecular weight is 272 g/mol. The van der Waals surface area contributed by atoms with E-state index in [2.05, 4.69) is 26.2 Å². The van der Waals surface area contributed by atoms with Crippen LogP contribution in [0.3, 0.4) is 0 Å². The Bertz CT molecular complexity index is 337. The lowest BCUT2D eigenvalue weighted by molar-refractivity contribution is 0.245. The largest absolute Gasteiger partial charge is 0.335 e. The van der Waals surface area contributed by atoms with E-state index < -0.39 is 0 Å². The molecule has 0 aliphatic heterocycles. The molecule has 0 aromatic carbocycles. The SMILES string of the molecule is CC(C)NC(=O)N(C)c1ccc(Br)cn1. The lowest BCUT2D eigenvalue weighted by Gasteiger charge is -2.18. The highest BCUT2D eigenvalue weighted by atomic mass is 79.9. The summed E-state index contributed by atoms with van der Waals surface area (Å²) >= 11 is 3.29. The Labute approximate surface area is 97.8 Å². The van der Waals surface area contributed by atoms with Crippen LogP contribution in [0.1, 0.15) is 13.8 Å². The summed E-state index contributed by atoms with van der Waals surface area (Å²) in [5.74, 6) is 0.622. The number of amides is 2. The van der Waals surface area contributed by atoms with Gasteiger partial charge in [-0.3, -0.25) is 4.90 Å². The summed E-state index contributed by atoms with van der Waals surface area (Å²) in [6.45, 7) is 3.83. The number of halogens is 1. The van der Waals surface area contributed by atoms with E-state index in [1.807, 2.05) is 19.9 Å². The monoisotopic (exact) mass is 271 g/mol. The molecule has 0 saturated heterocycles. The summed E-state index contributed by atoms with van der Waals surface area (Å²) in [6, 6.07) is 3.60. The number of hydrogen-bond donors (Lipinski definition) is 1. The van der Waals surface area contributed by atoms with Crippen molar-refractivity contribution in [3.05, 3.63) is 22.8 Å². The van der Waals surface area contributed by atoms with Gasteiger partial charge in [0.15, 0.2) is 0 Å². The lowest BCUT2D eigenvalue weighted by Crippen LogP contribution is -2.41. The Morgan fingerprint density at radius 2 is 2.20 bits per heavy atom. The van der Waals surface area contributed by atoms with Crippen LogP contribution >= 0.6 is 15.9 Å². The van der Waals surface area contributed by atoms with Gasteiger partial charge in [0.25, 0.3) is 0 Å². The highest BCUT2D eigenvalue weighted by Gasteiger charge is 2.11. The van der Waals surface area contributed by atoms with Crippen LogP contribution in [0.25, 0.3) is 0 Å². The first-order chi connectivity index (χ1) is 7.00. The highest BCUT2D eigenvalue weighted by Crippen LogP contribution is 2.13. The maximum atomic E-state index is 11.6. The molecule has 0 aliphatic rings. The van der Waals surface area contributed by atoms with E-state index in [0.717, 1.165) is 4.47 Å². The second kappa shape index (κ2) is 5.11. The van der Waals surface area contributed by atoms with Gasteiger partial charge in [-0.1, -0.05) is 0 Å². The summed E-state index contributed by atoms with van der Waals surface area (Å²) in [4.78, 5) is 17.2. The second-order valence-corrected chi connectivity index (χ2v) is 4.41. The van der Waals surface area contributed by atoms with Gasteiger partial charge in [0, 0.05) is 23.8 Å². The molecule has 2 amide bonds. The first-order valence-electron chi connectivity index (χ1n) is 4.66. The minimum atomic E-state index is -0.153. The molecule has 82 valence electrons. The second-order valence-electron chi connectivity index (χ2n) is 3.50. The molecule has 4 nitrogen and oxygen atoms in total. The van der Waals surface area contributed by atoms with E-state index >= 15 is 0 Å². The van der Waals surface area contributed by atoms with Crippen molar-refractivity contribution < 1.29 is 4.79 Å². The number of rotatable bonds is 2. The van der Waals surface area contributed by atoms with Gasteiger partial charge in [0.05, 0.1) is 0 Å². The van der Waals surface area contributed by atoms with Gasteiger partial charge in [-0.15, -0.1) is 0 Å². The van der Waals surface area contributed by atoms with Gasteiger partial charge in [-0.2, -0.15) is 0 Å². The van der Waals surface area contributed by atoms with Crippen molar-refractivity contribution in [1.29, 1.82) is 0 Å². The molecule has 0 bridgehead atoms. The minimum absolute atomic E-state index is 0.121. The summed E-state index contributed by atoms with van der Waals surface area (Å²) in [5, 5.41) is 2.79. The van der Waals surface area contributed by atoms with Crippen LogP contribution in [0.4, 0.5) is 10.6 Å². The van der Waals surface area contributed by atoms with Crippen molar-refractivity contribution >= 4 is 27.8 Å². The highest BCUT2D eigenvalue weighted by molar-refractivity contribution is 9.10. The molecule has 0 saturated carbocycles. The average Bonchev–Trinajstić information content (AvgIpc) is 2.17.